The molecule has 5 nitrogen and oxygen atoms in total. The highest BCUT2D eigenvalue weighted by molar-refractivity contribution is 5.76. The van der Waals surface area contributed by atoms with Crippen molar-refractivity contribution in [3.05, 3.63) is 23.8 Å². The number of methoxy groups -OCH3 is 1. The van der Waals surface area contributed by atoms with E-state index in [-0.39, 0.29) is 36.2 Å². The molecule has 1 heterocycles. The van der Waals surface area contributed by atoms with E-state index in [1.165, 1.54) is 5.57 Å². The molecular formula is C26H40O5. The molecule has 2 aliphatic carbocycles. The van der Waals surface area contributed by atoms with Crippen molar-refractivity contribution in [1.29, 1.82) is 0 Å². The summed E-state index contributed by atoms with van der Waals surface area (Å²) in [5, 5.41) is 0. The van der Waals surface area contributed by atoms with E-state index in [1.54, 1.807) is 7.11 Å². The van der Waals surface area contributed by atoms with E-state index in [4.69, 9.17) is 14.2 Å². The summed E-state index contributed by atoms with van der Waals surface area (Å²) in [5.41, 5.74) is 0.825. The number of rotatable bonds is 7. The Hall–Kier alpha value is -1.62. The van der Waals surface area contributed by atoms with Crippen molar-refractivity contribution < 1.29 is 23.8 Å². The van der Waals surface area contributed by atoms with Crippen molar-refractivity contribution >= 4 is 11.9 Å². The molecule has 5 heteroatoms. The highest BCUT2D eigenvalue weighted by Crippen LogP contribution is 2.45. The van der Waals surface area contributed by atoms with Crippen molar-refractivity contribution in [2.24, 2.45) is 29.1 Å². The second-order valence-corrected chi connectivity index (χ2v) is 10.5. The first kappa shape index (κ1) is 24.0. The molecule has 0 spiro atoms. The minimum absolute atomic E-state index is 0.0501. The zero-order valence-electron chi connectivity index (χ0n) is 20.1. The van der Waals surface area contributed by atoms with Gasteiger partial charge in [0.25, 0.3) is 0 Å². The molecule has 1 fully saturated rings. The Balaban J connectivity index is 1.75. The summed E-state index contributed by atoms with van der Waals surface area (Å²) >= 11 is 0. The average Bonchev–Trinajstić information content (AvgIpc) is 2.72. The van der Waals surface area contributed by atoms with E-state index in [1.807, 2.05) is 20.8 Å². The fourth-order valence-electron chi connectivity index (χ4n) is 5.24. The molecule has 0 radical (unpaired) electrons. The fraction of sp³-hybridized carbons (Fsp3) is 0.769. The van der Waals surface area contributed by atoms with E-state index >= 15 is 0 Å². The van der Waals surface area contributed by atoms with Gasteiger partial charge in [0.05, 0.1) is 17.9 Å². The standard InChI is InChI=1S/C26H40O5/c1-7-26(4,5)25(28)31-22-13-16(2)12-18-9-8-17(3)21(24(18)22)11-10-19-14-20(29-6)15-23(27)30-19/h8-9,12,16-17,19-22,24H,7,10-11,13-15H2,1-6H3/t16-,17-,19+,20+,21-,22-,24+/m0/s1. The zero-order chi connectivity index (χ0) is 22.8. The molecule has 3 rings (SSSR count). The van der Waals surface area contributed by atoms with E-state index in [0.717, 1.165) is 32.1 Å². The third-order valence-electron chi connectivity index (χ3n) is 7.66. The van der Waals surface area contributed by atoms with Gasteiger partial charge in [-0.2, -0.15) is 0 Å². The predicted molar refractivity (Wildman–Crippen MR) is 120 cm³/mol. The number of esters is 2. The minimum atomic E-state index is -0.471. The molecule has 1 aliphatic heterocycles. The van der Waals surface area contributed by atoms with Crippen LogP contribution in [0.5, 0.6) is 0 Å². The third kappa shape index (κ3) is 5.60. The van der Waals surface area contributed by atoms with Crippen LogP contribution in [0, 0.1) is 29.1 Å². The molecule has 0 bridgehead atoms. The molecule has 1 saturated heterocycles. The predicted octanol–water partition coefficient (Wildman–Crippen LogP) is 5.24. The van der Waals surface area contributed by atoms with E-state index in [9.17, 15) is 9.59 Å². The van der Waals surface area contributed by atoms with E-state index < -0.39 is 5.41 Å². The molecular weight excluding hydrogens is 392 g/mol. The Bertz CT molecular complexity index is 721. The molecule has 0 unspecified atom stereocenters. The summed E-state index contributed by atoms with van der Waals surface area (Å²) in [7, 11) is 1.66. The lowest BCUT2D eigenvalue weighted by Gasteiger charge is -2.44. The van der Waals surface area contributed by atoms with E-state index in [0.29, 0.717) is 24.2 Å². The number of cyclic esters (lactones) is 1. The Morgan fingerprint density at radius 2 is 1.97 bits per heavy atom. The Kier molecular flexibility index (Phi) is 7.67. The van der Waals surface area contributed by atoms with Gasteiger partial charge in [-0.15, -0.1) is 0 Å². The van der Waals surface area contributed by atoms with Crippen LogP contribution in [0.25, 0.3) is 0 Å². The molecule has 0 aromatic heterocycles. The van der Waals surface area contributed by atoms with Crippen molar-refractivity contribution in [2.75, 3.05) is 7.11 Å². The van der Waals surface area contributed by atoms with Crippen LogP contribution >= 0.6 is 0 Å². The smallest absolute Gasteiger partial charge is 0.311 e. The van der Waals surface area contributed by atoms with Gasteiger partial charge < -0.3 is 14.2 Å². The van der Waals surface area contributed by atoms with Crippen LogP contribution in [-0.2, 0) is 23.8 Å². The molecule has 0 amide bonds. The fourth-order valence-corrected chi connectivity index (χ4v) is 5.24. The number of carbonyl (C=O) groups is 2. The van der Waals surface area contributed by atoms with Crippen LogP contribution in [0.4, 0.5) is 0 Å². The molecule has 3 aliphatic rings. The summed E-state index contributed by atoms with van der Waals surface area (Å²) in [5.74, 6) is 1.06. The molecule has 31 heavy (non-hydrogen) atoms. The molecule has 0 N–H and O–H groups in total. The maximum atomic E-state index is 12.9. The quantitative estimate of drug-likeness (QED) is 0.515. The molecule has 0 aromatic rings. The van der Waals surface area contributed by atoms with E-state index in [2.05, 4.69) is 32.1 Å². The molecule has 7 atom stereocenters. The SMILES string of the molecule is CCC(C)(C)C(=O)O[C@H]1C[C@@H](C)C=C2C=C[C@H](C)[C@H](CC[C@@H]3C[C@@H](OC)CC(=O)O3)[C@@H]21. The van der Waals surface area contributed by atoms with Gasteiger partial charge in [0, 0.05) is 19.4 Å². The second kappa shape index (κ2) is 9.89. The van der Waals surface area contributed by atoms with Crippen LogP contribution < -0.4 is 0 Å². The van der Waals surface area contributed by atoms with Gasteiger partial charge in [0.15, 0.2) is 0 Å². The average molecular weight is 433 g/mol. The number of carbonyl (C=O) groups excluding carboxylic acids is 2. The third-order valence-corrected chi connectivity index (χ3v) is 7.66. The normalized spacial score (nSPS) is 35.7. The van der Waals surface area contributed by atoms with Gasteiger partial charge in [-0.1, -0.05) is 39.0 Å². The van der Waals surface area contributed by atoms with Crippen molar-refractivity contribution in [1.82, 2.24) is 0 Å². The van der Waals surface area contributed by atoms with Crippen molar-refractivity contribution in [2.45, 2.75) is 91.5 Å². The van der Waals surface area contributed by atoms with Gasteiger partial charge in [-0.05, 0) is 62.9 Å². The summed E-state index contributed by atoms with van der Waals surface area (Å²) in [6, 6.07) is 0. The Morgan fingerprint density at radius 3 is 2.65 bits per heavy atom. The minimum Gasteiger partial charge on any atom is -0.462 e. The van der Waals surface area contributed by atoms with Crippen LogP contribution in [0.1, 0.15) is 73.1 Å². The molecule has 0 aromatic carbocycles. The highest BCUT2D eigenvalue weighted by Gasteiger charge is 2.43. The lowest BCUT2D eigenvalue weighted by Crippen LogP contribution is -2.43. The number of ether oxygens (including phenoxy) is 3. The second-order valence-electron chi connectivity index (χ2n) is 10.5. The zero-order valence-corrected chi connectivity index (χ0v) is 20.1. The number of hydrogen-bond acceptors (Lipinski definition) is 5. The number of fused-ring (bicyclic) bond motifs is 1. The van der Waals surface area contributed by atoms with Crippen LogP contribution in [0.2, 0.25) is 0 Å². The maximum absolute atomic E-state index is 12.9. The highest BCUT2D eigenvalue weighted by atomic mass is 16.6. The first-order valence-electron chi connectivity index (χ1n) is 12.0. The maximum Gasteiger partial charge on any atom is 0.311 e. The summed E-state index contributed by atoms with van der Waals surface area (Å²) < 4.78 is 17.2. The summed E-state index contributed by atoms with van der Waals surface area (Å²) in [6.07, 6.45) is 11.1. The van der Waals surface area contributed by atoms with Crippen LogP contribution in [-0.4, -0.2) is 37.4 Å². The lowest BCUT2D eigenvalue weighted by molar-refractivity contribution is -0.166. The topological polar surface area (TPSA) is 61.8 Å². The Morgan fingerprint density at radius 1 is 1.23 bits per heavy atom. The van der Waals surface area contributed by atoms with Crippen molar-refractivity contribution in [3.63, 3.8) is 0 Å². The molecule has 174 valence electrons. The van der Waals surface area contributed by atoms with Gasteiger partial charge in [-0.25, -0.2) is 0 Å². The first-order chi connectivity index (χ1) is 14.6. The monoisotopic (exact) mass is 432 g/mol. The van der Waals surface area contributed by atoms with Crippen LogP contribution in [0.3, 0.4) is 0 Å². The van der Waals surface area contributed by atoms with Crippen molar-refractivity contribution in [3.8, 4) is 0 Å². The van der Waals surface area contributed by atoms with Gasteiger partial charge in [-0.3, -0.25) is 9.59 Å². The Labute approximate surface area is 187 Å². The van der Waals surface area contributed by atoms with Crippen LogP contribution in [0.15, 0.2) is 23.8 Å². The summed E-state index contributed by atoms with van der Waals surface area (Å²) in [6.45, 7) is 10.4. The lowest BCUT2D eigenvalue weighted by atomic mass is 9.65. The first-order valence-corrected chi connectivity index (χ1v) is 12.0. The van der Waals surface area contributed by atoms with Gasteiger partial charge in [0.1, 0.15) is 12.2 Å². The summed E-state index contributed by atoms with van der Waals surface area (Å²) in [4.78, 5) is 24.9. The molecule has 0 saturated carbocycles. The number of hydrogen-bond donors (Lipinski definition) is 0. The number of allylic oxidation sites excluding steroid dienone is 3. The van der Waals surface area contributed by atoms with Gasteiger partial charge >= 0.3 is 11.9 Å². The van der Waals surface area contributed by atoms with Gasteiger partial charge in [0.2, 0.25) is 0 Å². The largest absolute Gasteiger partial charge is 0.462 e.